The first-order valence-corrected chi connectivity index (χ1v) is 17.2. The summed E-state index contributed by atoms with van der Waals surface area (Å²) in [5.41, 5.74) is 2.19. The minimum Gasteiger partial charge on any atom is -0.543 e. The van der Waals surface area contributed by atoms with Gasteiger partial charge in [-0.05, 0) is 71.7 Å². The molecule has 0 fully saturated rings. The highest BCUT2D eigenvalue weighted by molar-refractivity contribution is 6.75. The lowest BCUT2D eigenvalue weighted by molar-refractivity contribution is 0.415. The van der Waals surface area contributed by atoms with E-state index in [2.05, 4.69) is 110 Å². The monoisotopic (exact) mass is 470 g/mol. The van der Waals surface area contributed by atoms with E-state index in [1.165, 1.54) is 0 Å². The van der Waals surface area contributed by atoms with E-state index < -0.39 is 16.6 Å². The molecule has 0 amide bonds. The SMILES string of the molecule is COc1ccc(/C=C\c2cc(O[Si](C)(C)C(C)(C)C)cc(O[Si](C)(C)C(C)(C)C)c2)cc1. The standard InChI is InChI=1S/C27H42O3Si2/c1-26(2,3)31(8,9)29-24-18-22(13-12-21-14-16-23(28-7)17-15-21)19-25(20-24)30-32(10,11)27(4,5)6/h12-20H,1-11H3/b13-12-. The zero-order valence-electron chi connectivity index (χ0n) is 21.9. The van der Waals surface area contributed by atoms with E-state index in [-0.39, 0.29) is 10.1 Å². The molecular formula is C27H42O3Si2. The van der Waals surface area contributed by atoms with E-state index >= 15 is 0 Å². The third-order valence-electron chi connectivity index (χ3n) is 6.84. The maximum atomic E-state index is 6.65. The molecule has 176 valence electrons. The minimum atomic E-state index is -1.97. The highest BCUT2D eigenvalue weighted by Crippen LogP contribution is 2.41. The lowest BCUT2D eigenvalue weighted by Gasteiger charge is -2.38. The molecule has 0 aliphatic heterocycles. The topological polar surface area (TPSA) is 27.7 Å². The van der Waals surface area contributed by atoms with Gasteiger partial charge in [-0.15, -0.1) is 0 Å². The zero-order chi connectivity index (χ0) is 24.4. The third kappa shape index (κ3) is 6.75. The molecule has 0 saturated carbocycles. The van der Waals surface area contributed by atoms with Crippen molar-refractivity contribution in [3.63, 3.8) is 0 Å². The fourth-order valence-corrected chi connectivity index (χ4v) is 4.64. The van der Waals surface area contributed by atoms with Crippen LogP contribution < -0.4 is 13.6 Å². The molecule has 5 heteroatoms. The zero-order valence-corrected chi connectivity index (χ0v) is 23.9. The lowest BCUT2D eigenvalue weighted by Crippen LogP contribution is -2.44. The number of hydrogen-bond donors (Lipinski definition) is 0. The Morgan fingerprint density at radius 1 is 0.594 bits per heavy atom. The molecule has 0 N–H and O–H groups in total. The predicted molar refractivity (Wildman–Crippen MR) is 144 cm³/mol. The first-order valence-electron chi connectivity index (χ1n) is 11.4. The quantitative estimate of drug-likeness (QED) is 0.299. The van der Waals surface area contributed by atoms with Crippen LogP contribution in [0, 0.1) is 0 Å². The molecule has 0 saturated heterocycles. The Morgan fingerprint density at radius 3 is 1.38 bits per heavy atom. The number of hydrogen-bond acceptors (Lipinski definition) is 3. The molecule has 0 spiro atoms. The molecule has 2 rings (SSSR count). The molecule has 0 aliphatic rings. The summed E-state index contributed by atoms with van der Waals surface area (Å²) in [7, 11) is -2.25. The number of benzene rings is 2. The van der Waals surface area contributed by atoms with Crippen molar-refractivity contribution in [1.29, 1.82) is 0 Å². The summed E-state index contributed by atoms with van der Waals surface area (Å²) in [6.45, 7) is 22.7. The van der Waals surface area contributed by atoms with Crippen LogP contribution in [0.5, 0.6) is 17.2 Å². The molecule has 0 radical (unpaired) electrons. The van der Waals surface area contributed by atoms with Crippen LogP contribution in [0.15, 0.2) is 42.5 Å². The molecule has 0 aliphatic carbocycles. The van der Waals surface area contributed by atoms with Gasteiger partial charge in [-0.3, -0.25) is 0 Å². The molecule has 2 aromatic rings. The van der Waals surface area contributed by atoms with Gasteiger partial charge in [0.1, 0.15) is 17.2 Å². The average Bonchev–Trinajstić information content (AvgIpc) is 2.64. The molecule has 0 atom stereocenters. The summed E-state index contributed by atoms with van der Waals surface area (Å²) in [5, 5.41) is 0.255. The summed E-state index contributed by atoms with van der Waals surface area (Å²) in [4.78, 5) is 0. The molecule has 32 heavy (non-hydrogen) atoms. The van der Waals surface area contributed by atoms with E-state index in [4.69, 9.17) is 13.6 Å². The van der Waals surface area contributed by atoms with Gasteiger partial charge < -0.3 is 13.6 Å². The van der Waals surface area contributed by atoms with Crippen LogP contribution in [-0.4, -0.2) is 23.7 Å². The largest absolute Gasteiger partial charge is 0.543 e. The van der Waals surface area contributed by atoms with Crippen LogP contribution >= 0.6 is 0 Å². The smallest absolute Gasteiger partial charge is 0.250 e. The molecule has 0 unspecified atom stereocenters. The van der Waals surface area contributed by atoms with E-state index in [1.807, 2.05) is 12.1 Å². The lowest BCUT2D eigenvalue weighted by atomic mass is 10.1. The Balaban J connectivity index is 2.44. The van der Waals surface area contributed by atoms with Gasteiger partial charge in [-0.2, -0.15) is 0 Å². The summed E-state index contributed by atoms with van der Waals surface area (Å²) in [5.74, 6) is 2.64. The molecule has 0 heterocycles. The highest BCUT2D eigenvalue weighted by Gasteiger charge is 2.40. The normalized spacial score (nSPS) is 13.3. The Labute approximate surface area is 198 Å². The van der Waals surface area contributed by atoms with Crippen molar-refractivity contribution in [2.75, 3.05) is 7.11 Å². The maximum Gasteiger partial charge on any atom is 0.250 e. The first-order chi connectivity index (χ1) is 14.5. The summed E-state index contributed by atoms with van der Waals surface area (Å²) < 4.78 is 18.6. The summed E-state index contributed by atoms with van der Waals surface area (Å²) in [6, 6.07) is 14.4. The molecule has 3 nitrogen and oxygen atoms in total. The van der Waals surface area contributed by atoms with Crippen LogP contribution in [-0.2, 0) is 0 Å². The van der Waals surface area contributed by atoms with Gasteiger partial charge in [0.25, 0.3) is 0 Å². The highest BCUT2D eigenvalue weighted by atomic mass is 28.4. The van der Waals surface area contributed by atoms with Crippen molar-refractivity contribution < 1.29 is 13.6 Å². The van der Waals surface area contributed by atoms with E-state index in [1.54, 1.807) is 7.11 Å². The van der Waals surface area contributed by atoms with Gasteiger partial charge >= 0.3 is 0 Å². The van der Waals surface area contributed by atoms with Crippen LogP contribution in [0.4, 0.5) is 0 Å². The number of ether oxygens (including phenoxy) is 1. The fraction of sp³-hybridized carbons (Fsp3) is 0.481. The Morgan fingerprint density at radius 2 is 1.00 bits per heavy atom. The Kier molecular flexibility index (Phi) is 7.78. The van der Waals surface area contributed by atoms with E-state index in [9.17, 15) is 0 Å². The molecule has 0 aromatic heterocycles. The Bertz CT molecular complexity index is 885. The first kappa shape index (κ1) is 26.3. The molecule has 0 bridgehead atoms. The maximum absolute atomic E-state index is 6.65. The number of methoxy groups -OCH3 is 1. The van der Waals surface area contributed by atoms with Crippen molar-refractivity contribution >= 4 is 28.8 Å². The van der Waals surface area contributed by atoms with Gasteiger partial charge in [0.05, 0.1) is 7.11 Å². The van der Waals surface area contributed by atoms with Crippen LogP contribution in [0.1, 0.15) is 52.7 Å². The van der Waals surface area contributed by atoms with Gasteiger partial charge in [0.15, 0.2) is 0 Å². The van der Waals surface area contributed by atoms with Crippen LogP contribution in [0.25, 0.3) is 12.2 Å². The minimum absolute atomic E-state index is 0.127. The van der Waals surface area contributed by atoms with Gasteiger partial charge in [-0.25, -0.2) is 0 Å². The fourth-order valence-electron chi connectivity index (χ4n) is 2.61. The van der Waals surface area contributed by atoms with Crippen molar-refractivity contribution in [3.8, 4) is 17.2 Å². The third-order valence-corrected chi connectivity index (χ3v) is 15.6. The van der Waals surface area contributed by atoms with Crippen molar-refractivity contribution in [2.24, 2.45) is 0 Å². The average molecular weight is 471 g/mol. The second kappa shape index (κ2) is 9.48. The van der Waals surface area contributed by atoms with Crippen molar-refractivity contribution in [2.45, 2.75) is 77.8 Å². The predicted octanol–water partition coefficient (Wildman–Crippen LogP) is 8.63. The Hall–Kier alpha value is -1.99. The van der Waals surface area contributed by atoms with E-state index in [0.29, 0.717) is 0 Å². The molecule has 2 aromatic carbocycles. The van der Waals surface area contributed by atoms with Crippen LogP contribution in [0.3, 0.4) is 0 Å². The second-order valence-electron chi connectivity index (χ2n) is 11.6. The number of rotatable bonds is 7. The second-order valence-corrected chi connectivity index (χ2v) is 21.0. The van der Waals surface area contributed by atoms with Gasteiger partial charge in [0, 0.05) is 6.07 Å². The van der Waals surface area contributed by atoms with Gasteiger partial charge in [-0.1, -0.05) is 65.8 Å². The summed E-state index contributed by atoms with van der Waals surface area (Å²) in [6.07, 6.45) is 4.24. The van der Waals surface area contributed by atoms with Crippen molar-refractivity contribution in [1.82, 2.24) is 0 Å². The van der Waals surface area contributed by atoms with E-state index in [0.717, 1.165) is 28.4 Å². The summed E-state index contributed by atoms with van der Waals surface area (Å²) >= 11 is 0. The van der Waals surface area contributed by atoms with Crippen LogP contribution in [0.2, 0.25) is 36.3 Å². The van der Waals surface area contributed by atoms with Crippen molar-refractivity contribution in [3.05, 3.63) is 53.6 Å². The molecular weight excluding hydrogens is 428 g/mol. The van der Waals surface area contributed by atoms with Gasteiger partial charge in [0.2, 0.25) is 16.6 Å².